The summed E-state index contributed by atoms with van der Waals surface area (Å²) >= 11 is 0. The number of hydrogen-bond acceptors (Lipinski definition) is 3. The molecule has 2 aliphatic heterocycles. The first-order valence-corrected chi connectivity index (χ1v) is 5.62. The summed E-state index contributed by atoms with van der Waals surface area (Å²) in [6.07, 6.45) is 0.906. The first-order chi connectivity index (χ1) is 6.87. The molecular formula is C11H20N2O2. The van der Waals surface area contributed by atoms with Gasteiger partial charge >= 0.3 is 6.09 Å². The highest BCUT2D eigenvalue weighted by Gasteiger charge is 2.45. The molecule has 0 unspecified atom stereocenters. The second-order valence-electron chi connectivity index (χ2n) is 5.59. The highest BCUT2D eigenvalue weighted by atomic mass is 16.6. The molecule has 0 aromatic heterocycles. The van der Waals surface area contributed by atoms with Gasteiger partial charge in [0.1, 0.15) is 5.60 Å². The fourth-order valence-electron chi connectivity index (χ4n) is 2.47. The molecule has 2 bridgehead atoms. The van der Waals surface area contributed by atoms with Crippen molar-refractivity contribution in [1.29, 1.82) is 0 Å². The number of likely N-dealkylation sites (tertiary alicyclic amines) is 1. The van der Waals surface area contributed by atoms with Crippen LogP contribution in [0, 0.1) is 0 Å². The van der Waals surface area contributed by atoms with Crippen LogP contribution in [0.5, 0.6) is 0 Å². The number of fused-ring (bicyclic) bond motifs is 2. The molecule has 0 aliphatic carbocycles. The van der Waals surface area contributed by atoms with Gasteiger partial charge < -0.3 is 15.0 Å². The number of amides is 1. The zero-order valence-electron chi connectivity index (χ0n) is 9.91. The Balaban J connectivity index is 1.98. The monoisotopic (exact) mass is 212 g/mol. The number of hydrogen-bond donors (Lipinski definition) is 1. The maximum atomic E-state index is 11.9. The lowest BCUT2D eigenvalue weighted by atomic mass is 10.1. The quantitative estimate of drug-likeness (QED) is 0.659. The zero-order chi connectivity index (χ0) is 11.2. The molecule has 15 heavy (non-hydrogen) atoms. The number of piperazine rings is 1. The first kappa shape index (κ1) is 10.7. The summed E-state index contributed by atoms with van der Waals surface area (Å²) in [6, 6.07) is 1.19. The Bertz CT molecular complexity index is 272. The Morgan fingerprint density at radius 1 is 1.47 bits per heavy atom. The maximum absolute atomic E-state index is 11.9. The van der Waals surface area contributed by atoms with Crippen LogP contribution < -0.4 is 5.32 Å². The van der Waals surface area contributed by atoms with Gasteiger partial charge in [0, 0.05) is 18.6 Å². The third-order valence-electron chi connectivity index (χ3n) is 3.05. The van der Waals surface area contributed by atoms with Crippen LogP contribution in [0.25, 0.3) is 0 Å². The van der Waals surface area contributed by atoms with Gasteiger partial charge in [0.15, 0.2) is 0 Å². The predicted molar refractivity (Wildman–Crippen MR) is 57.7 cm³/mol. The number of ether oxygens (including phenoxy) is 1. The standard InChI is InChI=1S/C11H20N2O2/c1-7-9-5-8(12-7)6-13(9)10(14)15-11(2,3)4/h7-9,12H,5-6H2,1-4H3/t7-,8+,9+/m1/s1. The molecule has 2 saturated heterocycles. The van der Waals surface area contributed by atoms with Gasteiger partial charge in [0.05, 0.1) is 6.04 Å². The van der Waals surface area contributed by atoms with E-state index in [1.807, 2.05) is 25.7 Å². The summed E-state index contributed by atoms with van der Waals surface area (Å²) < 4.78 is 5.38. The van der Waals surface area contributed by atoms with Crippen molar-refractivity contribution in [1.82, 2.24) is 10.2 Å². The van der Waals surface area contributed by atoms with E-state index in [0.717, 1.165) is 13.0 Å². The normalized spacial score (nSPS) is 34.7. The lowest BCUT2D eigenvalue weighted by Crippen LogP contribution is -2.52. The van der Waals surface area contributed by atoms with E-state index in [1.54, 1.807) is 0 Å². The molecule has 2 rings (SSSR count). The minimum Gasteiger partial charge on any atom is -0.444 e. The molecule has 86 valence electrons. The second kappa shape index (κ2) is 3.37. The summed E-state index contributed by atoms with van der Waals surface area (Å²) in [5.41, 5.74) is -0.393. The predicted octanol–water partition coefficient (Wildman–Crippen LogP) is 1.36. The van der Waals surface area contributed by atoms with E-state index in [4.69, 9.17) is 4.74 Å². The second-order valence-corrected chi connectivity index (χ2v) is 5.59. The van der Waals surface area contributed by atoms with Crippen LogP contribution in [0.2, 0.25) is 0 Å². The summed E-state index contributed by atoms with van der Waals surface area (Å²) in [4.78, 5) is 13.7. The summed E-state index contributed by atoms with van der Waals surface area (Å²) in [5.74, 6) is 0. The van der Waals surface area contributed by atoms with Crippen molar-refractivity contribution >= 4 is 6.09 Å². The number of nitrogens with zero attached hydrogens (tertiary/aromatic N) is 1. The van der Waals surface area contributed by atoms with E-state index in [0.29, 0.717) is 18.1 Å². The molecule has 0 radical (unpaired) electrons. The molecule has 0 spiro atoms. The molecule has 4 nitrogen and oxygen atoms in total. The maximum Gasteiger partial charge on any atom is 0.410 e. The van der Waals surface area contributed by atoms with Crippen molar-refractivity contribution in [3.8, 4) is 0 Å². The van der Waals surface area contributed by atoms with Crippen LogP contribution in [-0.4, -0.2) is 41.3 Å². The largest absolute Gasteiger partial charge is 0.444 e. The molecule has 0 aromatic carbocycles. The minimum atomic E-state index is -0.393. The third-order valence-corrected chi connectivity index (χ3v) is 3.05. The Kier molecular flexibility index (Phi) is 2.41. The summed E-state index contributed by atoms with van der Waals surface area (Å²) in [7, 11) is 0. The van der Waals surface area contributed by atoms with Crippen LogP contribution in [0.3, 0.4) is 0 Å². The van der Waals surface area contributed by atoms with Crippen molar-refractivity contribution < 1.29 is 9.53 Å². The van der Waals surface area contributed by atoms with Crippen LogP contribution in [0.15, 0.2) is 0 Å². The van der Waals surface area contributed by atoms with Gasteiger partial charge in [-0.2, -0.15) is 0 Å². The number of carbonyl (C=O) groups excluding carboxylic acids is 1. The number of rotatable bonds is 0. The molecular weight excluding hydrogens is 192 g/mol. The Hall–Kier alpha value is -0.770. The van der Waals surface area contributed by atoms with Crippen molar-refractivity contribution in [2.75, 3.05) is 6.54 Å². The summed E-state index contributed by atoms with van der Waals surface area (Å²) in [6.45, 7) is 8.63. The highest BCUT2D eigenvalue weighted by Crippen LogP contribution is 2.29. The SMILES string of the molecule is C[C@H]1N[C@H]2C[C@@H]1N(C(=O)OC(C)(C)C)C2. The van der Waals surface area contributed by atoms with Gasteiger partial charge in [-0.3, -0.25) is 0 Å². The average Bonchev–Trinajstić information content (AvgIpc) is 2.58. The molecule has 0 aromatic rings. The first-order valence-electron chi connectivity index (χ1n) is 5.62. The van der Waals surface area contributed by atoms with Crippen molar-refractivity contribution in [3.05, 3.63) is 0 Å². The molecule has 1 N–H and O–H groups in total. The Morgan fingerprint density at radius 3 is 2.60 bits per heavy atom. The summed E-state index contributed by atoms with van der Waals surface area (Å²) in [5, 5.41) is 3.45. The van der Waals surface area contributed by atoms with Crippen molar-refractivity contribution in [2.45, 2.75) is 57.8 Å². The van der Waals surface area contributed by atoms with Crippen LogP contribution in [0.1, 0.15) is 34.1 Å². The van der Waals surface area contributed by atoms with E-state index in [2.05, 4.69) is 12.2 Å². The van der Waals surface area contributed by atoms with Gasteiger partial charge in [-0.15, -0.1) is 0 Å². The van der Waals surface area contributed by atoms with E-state index < -0.39 is 5.60 Å². The number of nitrogens with one attached hydrogen (secondary N) is 1. The van der Waals surface area contributed by atoms with Crippen molar-refractivity contribution in [2.24, 2.45) is 0 Å². The van der Waals surface area contributed by atoms with Gasteiger partial charge in [-0.25, -0.2) is 4.79 Å². The van der Waals surface area contributed by atoms with Crippen LogP contribution >= 0.6 is 0 Å². The zero-order valence-corrected chi connectivity index (χ0v) is 9.91. The van der Waals surface area contributed by atoms with Crippen molar-refractivity contribution in [3.63, 3.8) is 0 Å². The number of carbonyl (C=O) groups is 1. The van der Waals surface area contributed by atoms with E-state index in [9.17, 15) is 4.79 Å². The average molecular weight is 212 g/mol. The Morgan fingerprint density at radius 2 is 2.13 bits per heavy atom. The molecule has 2 heterocycles. The van der Waals surface area contributed by atoms with Crippen LogP contribution in [-0.2, 0) is 4.74 Å². The fourth-order valence-corrected chi connectivity index (χ4v) is 2.47. The van der Waals surface area contributed by atoms with Gasteiger partial charge in [0.25, 0.3) is 0 Å². The molecule has 1 amide bonds. The third kappa shape index (κ3) is 2.09. The van der Waals surface area contributed by atoms with Crippen LogP contribution in [0.4, 0.5) is 4.79 Å². The van der Waals surface area contributed by atoms with Gasteiger partial charge in [0.2, 0.25) is 0 Å². The molecule has 3 atom stereocenters. The van der Waals surface area contributed by atoms with E-state index in [-0.39, 0.29) is 6.09 Å². The van der Waals surface area contributed by atoms with E-state index in [1.165, 1.54) is 0 Å². The Labute approximate surface area is 91.0 Å². The molecule has 2 fully saturated rings. The molecule has 2 aliphatic rings. The highest BCUT2D eigenvalue weighted by molar-refractivity contribution is 5.69. The lowest BCUT2D eigenvalue weighted by Gasteiger charge is -2.33. The molecule has 4 heteroatoms. The van der Waals surface area contributed by atoms with Gasteiger partial charge in [-0.05, 0) is 34.1 Å². The smallest absolute Gasteiger partial charge is 0.410 e. The van der Waals surface area contributed by atoms with Gasteiger partial charge in [-0.1, -0.05) is 0 Å². The van der Waals surface area contributed by atoms with E-state index >= 15 is 0 Å². The lowest BCUT2D eigenvalue weighted by molar-refractivity contribution is 0.0172. The minimum absolute atomic E-state index is 0.164. The fraction of sp³-hybridized carbons (Fsp3) is 0.909. The topological polar surface area (TPSA) is 41.6 Å². The molecule has 0 saturated carbocycles.